The molecule has 0 aliphatic heterocycles. The van der Waals surface area contributed by atoms with Gasteiger partial charge in [0.05, 0.1) is 17.5 Å². The second-order valence-corrected chi connectivity index (χ2v) is 8.18. The maximum Gasteiger partial charge on any atom is 0.410 e. The first kappa shape index (κ1) is 23.9. The van der Waals surface area contributed by atoms with E-state index in [1.165, 1.54) is 24.3 Å². The van der Waals surface area contributed by atoms with E-state index in [-0.39, 0.29) is 18.7 Å². The Bertz CT molecular complexity index is 697. The number of carbonyl (C=O) groups excluding carboxylic acids is 1. The van der Waals surface area contributed by atoms with Crippen molar-refractivity contribution in [3.05, 3.63) is 35.5 Å². The monoisotopic (exact) mass is 418 g/mol. The summed E-state index contributed by atoms with van der Waals surface area (Å²) in [5.74, 6) is 6.81. The highest BCUT2D eigenvalue weighted by atomic mass is 16.6. The normalized spacial score (nSPS) is 16.4. The molecule has 30 heavy (non-hydrogen) atoms. The fraction of sp³-hybridized carbons (Fsp3) is 0.609. The molecule has 4 N–H and O–H groups in total. The molecular formula is C23H38N4O3. The second kappa shape index (κ2) is 11.7. The van der Waals surface area contributed by atoms with Crippen LogP contribution in [0.5, 0.6) is 5.75 Å². The van der Waals surface area contributed by atoms with Gasteiger partial charge in [-0.1, -0.05) is 19.8 Å². The SMILES string of the molecule is CCCC(C)N(C)C(=O)OC/C(=C(/N)c1ccc(OC2CCCCC2)cc1)N(C)N. The highest BCUT2D eigenvalue weighted by Crippen LogP contribution is 2.25. The maximum atomic E-state index is 12.3. The van der Waals surface area contributed by atoms with Gasteiger partial charge in [-0.3, -0.25) is 0 Å². The largest absolute Gasteiger partial charge is 0.490 e. The molecule has 168 valence electrons. The summed E-state index contributed by atoms with van der Waals surface area (Å²) in [6, 6.07) is 7.79. The minimum absolute atomic E-state index is 0.00117. The van der Waals surface area contributed by atoms with Crippen LogP contribution in [0.15, 0.2) is 30.0 Å². The number of hydrogen-bond donors (Lipinski definition) is 2. The van der Waals surface area contributed by atoms with E-state index in [1.807, 2.05) is 31.2 Å². The molecule has 7 nitrogen and oxygen atoms in total. The summed E-state index contributed by atoms with van der Waals surface area (Å²) in [5.41, 5.74) is 8.18. The van der Waals surface area contributed by atoms with E-state index in [0.29, 0.717) is 17.5 Å². The molecular weight excluding hydrogens is 380 g/mol. The summed E-state index contributed by atoms with van der Waals surface area (Å²) in [6.07, 6.45) is 7.82. The highest BCUT2D eigenvalue weighted by molar-refractivity contribution is 5.69. The van der Waals surface area contributed by atoms with Crippen LogP contribution in [0.1, 0.15) is 64.4 Å². The van der Waals surface area contributed by atoms with Crippen molar-refractivity contribution in [1.82, 2.24) is 9.91 Å². The molecule has 0 bridgehead atoms. The van der Waals surface area contributed by atoms with E-state index in [1.54, 1.807) is 19.0 Å². The number of carbonyl (C=O) groups is 1. The minimum Gasteiger partial charge on any atom is -0.490 e. The Morgan fingerprint density at radius 3 is 2.37 bits per heavy atom. The third-order valence-corrected chi connectivity index (χ3v) is 5.74. The van der Waals surface area contributed by atoms with E-state index < -0.39 is 0 Å². The van der Waals surface area contributed by atoms with Crippen molar-refractivity contribution in [1.29, 1.82) is 0 Å². The lowest BCUT2D eigenvalue weighted by Crippen LogP contribution is -2.37. The zero-order valence-electron chi connectivity index (χ0n) is 18.9. The predicted molar refractivity (Wildman–Crippen MR) is 120 cm³/mol. The second-order valence-electron chi connectivity index (χ2n) is 8.18. The Labute approximate surface area is 180 Å². The summed E-state index contributed by atoms with van der Waals surface area (Å²) in [6.45, 7) is 4.09. The average Bonchev–Trinajstić information content (AvgIpc) is 2.74. The molecule has 0 heterocycles. The zero-order valence-corrected chi connectivity index (χ0v) is 18.9. The number of benzene rings is 1. The third kappa shape index (κ3) is 6.83. The third-order valence-electron chi connectivity index (χ3n) is 5.74. The number of nitrogens with zero attached hydrogens (tertiary/aromatic N) is 2. The topological polar surface area (TPSA) is 94.0 Å². The number of ether oxygens (including phenoxy) is 2. The van der Waals surface area contributed by atoms with Crippen LogP contribution in [-0.4, -0.2) is 48.9 Å². The van der Waals surface area contributed by atoms with E-state index >= 15 is 0 Å². The molecule has 1 fully saturated rings. The fourth-order valence-corrected chi connectivity index (χ4v) is 3.65. The summed E-state index contributed by atoms with van der Waals surface area (Å²) in [7, 11) is 3.42. The van der Waals surface area contributed by atoms with Crippen LogP contribution >= 0.6 is 0 Å². The van der Waals surface area contributed by atoms with E-state index in [4.69, 9.17) is 21.1 Å². The van der Waals surface area contributed by atoms with Crippen molar-refractivity contribution in [3.63, 3.8) is 0 Å². The molecule has 2 rings (SSSR count). The number of hydrazine groups is 1. The van der Waals surface area contributed by atoms with Gasteiger partial charge in [0.2, 0.25) is 0 Å². The van der Waals surface area contributed by atoms with Gasteiger partial charge in [-0.2, -0.15) is 0 Å². The van der Waals surface area contributed by atoms with Crippen molar-refractivity contribution < 1.29 is 14.3 Å². The van der Waals surface area contributed by atoms with E-state index in [9.17, 15) is 4.79 Å². The summed E-state index contributed by atoms with van der Waals surface area (Å²) >= 11 is 0. The first-order chi connectivity index (χ1) is 14.3. The van der Waals surface area contributed by atoms with Crippen LogP contribution in [-0.2, 0) is 4.74 Å². The zero-order chi connectivity index (χ0) is 22.1. The molecule has 1 amide bonds. The highest BCUT2D eigenvalue weighted by Gasteiger charge is 2.19. The number of nitrogens with two attached hydrogens (primary N) is 2. The number of rotatable bonds is 9. The first-order valence-corrected chi connectivity index (χ1v) is 11.0. The predicted octanol–water partition coefficient (Wildman–Crippen LogP) is 4.09. The van der Waals surface area contributed by atoms with Crippen LogP contribution in [0.4, 0.5) is 4.79 Å². The summed E-state index contributed by atoms with van der Waals surface area (Å²) in [4.78, 5) is 13.9. The van der Waals surface area contributed by atoms with Gasteiger partial charge in [-0.15, -0.1) is 0 Å². The van der Waals surface area contributed by atoms with Gasteiger partial charge in [0, 0.05) is 20.1 Å². The average molecular weight is 419 g/mol. The molecule has 1 aromatic rings. The Balaban J connectivity index is 2.03. The van der Waals surface area contributed by atoms with Crippen LogP contribution in [0.25, 0.3) is 5.70 Å². The van der Waals surface area contributed by atoms with Crippen molar-refractivity contribution in [2.24, 2.45) is 11.6 Å². The Kier molecular flexibility index (Phi) is 9.30. The fourth-order valence-electron chi connectivity index (χ4n) is 3.65. The number of amides is 1. The molecule has 1 aliphatic rings. The van der Waals surface area contributed by atoms with Gasteiger partial charge >= 0.3 is 6.09 Å². The van der Waals surface area contributed by atoms with E-state index in [0.717, 1.165) is 37.0 Å². The molecule has 0 radical (unpaired) electrons. The quantitative estimate of drug-likeness (QED) is 0.463. The van der Waals surface area contributed by atoms with Gasteiger partial charge in [0.1, 0.15) is 12.4 Å². The molecule has 7 heteroatoms. The van der Waals surface area contributed by atoms with E-state index in [2.05, 4.69) is 6.92 Å². The van der Waals surface area contributed by atoms with Crippen molar-refractivity contribution in [3.8, 4) is 5.75 Å². The maximum absolute atomic E-state index is 12.3. The molecule has 0 aromatic heterocycles. The number of hydrogen-bond acceptors (Lipinski definition) is 6. The smallest absolute Gasteiger partial charge is 0.410 e. The standard InChI is InChI=1S/C23H38N4O3/c1-5-9-17(2)26(3)23(28)29-16-21(27(4)25)22(24)18-12-14-20(15-13-18)30-19-10-7-6-8-11-19/h12-15,17,19H,5-11,16,24-25H2,1-4H3/b22-21-. The molecule has 1 aromatic carbocycles. The summed E-state index contributed by atoms with van der Waals surface area (Å²) < 4.78 is 11.5. The minimum atomic E-state index is -0.390. The molecule has 1 saturated carbocycles. The lowest BCUT2D eigenvalue weighted by Gasteiger charge is -2.26. The lowest BCUT2D eigenvalue weighted by molar-refractivity contribution is 0.100. The van der Waals surface area contributed by atoms with Crippen LogP contribution in [0.2, 0.25) is 0 Å². The Hall–Kier alpha value is -2.41. The van der Waals surface area contributed by atoms with Crippen molar-refractivity contribution >= 4 is 11.8 Å². The molecule has 1 aliphatic carbocycles. The summed E-state index contributed by atoms with van der Waals surface area (Å²) in [5, 5.41) is 1.39. The molecule has 0 saturated heterocycles. The van der Waals surface area contributed by atoms with Crippen molar-refractivity contribution in [2.75, 3.05) is 20.7 Å². The molecule has 1 atom stereocenters. The van der Waals surface area contributed by atoms with Gasteiger partial charge in [-0.25, -0.2) is 10.6 Å². The Morgan fingerprint density at radius 2 is 1.80 bits per heavy atom. The lowest BCUT2D eigenvalue weighted by atomic mass is 9.98. The van der Waals surface area contributed by atoms with Gasteiger partial charge < -0.3 is 25.1 Å². The van der Waals surface area contributed by atoms with Gasteiger partial charge in [-0.05, 0) is 68.9 Å². The van der Waals surface area contributed by atoms with Crippen LogP contribution < -0.4 is 16.3 Å². The van der Waals surface area contributed by atoms with Crippen molar-refractivity contribution in [2.45, 2.75) is 70.9 Å². The number of likely N-dealkylation sites (N-methyl/N-ethyl adjacent to an activating group) is 1. The van der Waals surface area contributed by atoms with Gasteiger partial charge in [0.15, 0.2) is 0 Å². The molecule has 0 spiro atoms. The van der Waals surface area contributed by atoms with Crippen LogP contribution in [0.3, 0.4) is 0 Å². The first-order valence-electron chi connectivity index (χ1n) is 11.0. The van der Waals surface area contributed by atoms with Gasteiger partial charge in [0.25, 0.3) is 0 Å². The Morgan fingerprint density at radius 1 is 1.17 bits per heavy atom. The van der Waals surface area contributed by atoms with Crippen LogP contribution in [0, 0.1) is 0 Å². The molecule has 1 unspecified atom stereocenters.